The summed E-state index contributed by atoms with van der Waals surface area (Å²) >= 11 is 1.97. The van der Waals surface area contributed by atoms with Crippen LogP contribution in [0.15, 0.2) is 0 Å². The van der Waals surface area contributed by atoms with E-state index in [0.29, 0.717) is 10.9 Å². The van der Waals surface area contributed by atoms with Gasteiger partial charge in [-0.05, 0) is 59.6 Å². The van der Waals surface area contributed by atoms with E-state index in [9.17, 15) is 0 Å². The van der Waals surface area contributed by atoms with Gasteiger partial charge in [0.1, 0.15) is 0 Å². The molecule has 1 unspecified atom stereocenters. The van der Waals surface area contributed by atoms with E-state index in [1.54, 1.807) is 0 Å². The topological polar surface area (TPSA) is 18.5 Å². The second-order valence-corrected chi connectivity index (χ2v) is 8.90. The van der Waals surface area contributed by atoms with Gasteiger partial charge in [0.05, 0.1) is 5.37 Å². The second-order valence-electron chi connectivity index (χ2n) is 7.74. The van der Waals surface area contributed by atoms with Gasteiger partial charge in [-0.25, -0.2) is 0 Å². The average Bonchev–Trinajstić information content (AvgIpc) is 2.47. The first kappa shape index (κ1) is 17.6. The zero-order valence-corrected chi connectivity index (χ0v) is 15.5. The number of likely N-dealkylation sites (tertiary alicyclic amines) is 2. The highest BCUT2D eigenvalue weighted by Crippen LogP contribution is 2.22. The maximum Gasteiger partial charge on any atom is 0.0525 e. The van der Waals surface area contributed by atoms with Gasteiger partial charge in [-0.3, -0.25) is 9.80 Å². The number of nitrogens with zero attached hydrogens (tertiary/aromatic N) is 2. The van der Waals surface area contributed by atoms with Crippen LogP contribution in [0, 0.1) is 0 Å². The Hall–Kier alpha value is 0.230. The summed E-state index contributed by atoms with van der Waals surface area (Å²) in [4.78, 5) is 5.26. The van der Waals surface area contributed by atoms with E-state index in [-0.39, 0.29) is 0 Å². The molecule has 2 rings (SSSR count). The predicted octanol–water partition coefficient (Wildman–Crippen LogP) is 3.01. The largest absolute Gasteiger partial charge is 0.311 e. The Balaban J connectivity index is 1.68. The van der Waals surface area contributed by atoms with E-state index < -0.39 is 0 Å². The van der Waals surface area contributed by atoms with Crippen molar-refractivity contribution in [3.63, 3.8) is 0 Å². The van der Waals surface area contributed by atoms with Gasteiger partial charge in [-0.15, -0.1) is 11.8 Å². The first-order valence-corrected chi connectivity index (χ1v) is 9.97. The number of piperidine rings is 2. The van der Waals surface area contributed by atoms with E-state index in [4.69, 9.17) is 0 Å². The fourth-order valence-corrected chi connectivity index (χ4v) is 4.14. The monoisotopic (exact) mass is 313 g/mol. The standard InChI is InChI=1S/C17H35N3S/c1-14(21-5)19-10-6-15(7-11-19)18-16-8-12-20(13-9-16)17(2,3)4/h14-16,18H,6-13H2,1-5H3. The molecule has 2 heterocycles. The highest BCUT2D eigenvalue weighted by molar-refractivity contribution is 7.99. The summed E-state index contributed by atoms with van der Waals surface area (Å²) in [5, 5.41) is 4.63. The minimum atomic E-state index is 0.338. The molecule has 0 amide bonds. The molecule has 0 aromatic carbocycles. The number of hydrogen-bond acceptors (Lipinski definition) is 4. The minimum Gasteiger partial charge on any atom is -0.311 e. The van der Waals surface area contributed by atoms with Gasteiger partial charge < -0.3 is 5.32 Å². The minimum absolute atomic E-state index is 0.338. The van der Waals surface area contributed by atoms with Crippen molar-refractivity contribution in [3.05, 3.63) is 0 Å². The number of hydrogen-bond donors (Lipinski definition) is 1. The number of nitrogens with one attached hydrogen (secondary N) is 1. The Labute approximate surface area is 136 Å². The van der Waals surface area contributed by atoms with E-state index in [0.717, 1.165) is 12.1 Å². The van der Waals surface area contributed by atoms with Gasteiger partial charge in [0.2, 0.25) is 0 Å². The van der Waals surface area contributed by atoms with Crippen LogP contribution in [-0.2, 0) is 0 Å². The van der Waals surface area contributed by atoms with Crippen molar-refractivity contribution in [2.45, 2.75) is 76.4 Å². The zero-order chi connectivity index (χ0) is 15.5. The van der Waals surface area contributed by atoms with Crippen LogP contribution in [0.5, 0.6) is 0 Å². The second kappa shape index (κ2) is 7.67. The normalized spacial score (nSPS) is 26.1. The Morgan fingerprint density at radius 3 is 1.86 bits per heavy atom. The molecular formula is C17H35N3S. The van der Waals surface area contributed by atoms with Crippen LogP contribution in [-0.4, -0.2) is 65.2 Å². The van der Waals surface area contributed by atoms with Crippen molar-refractivity contribution in [3.8, 4) is 0 Å². The lowest BCUT2D eigenvalue weighted by Gasteiger charge is -2.43. The van der Waals surface area contributed by atoms with Gasteiger partial charge in [-0.1, -0.05) is 0 Å². The summed E-state index contributed by atoms with van der Waals surface area (Å²) in [6, 6.07) is 1.50. The van der Waals surface area contributed by atoms with Crippen molar-refractivity contribution >= 4 is 11.8 Å². The fourth-order valence-electron chi connectivity index (χ4n) is 3.63. The molecule has 4 heteroatoms. The third kappa shape index (κ3) is 5.12. The summed E-state index contributed by atoms with van der Waals surface area (Å²) in [6.07, 6.45) is 7.50. The summed E-state index contributed by atoms with van der Waals surface area (Å²) in [6.45, 7) is 14.4. The number of thioether (sulfide) groups is 1. The molecule has 3 nitrogen and oxygen atoms in total. The summed E-state index contributed by atoms with van der Waals surface area (Å²) < 4.78 is 0. The molecule has 2 aliphatic rings. The molecule has 0 spiro atoms. The molecule has 1 atom stereocenters. The molecule has 0 bridgehead atoms. The Kier molecular flexibility index (Phi) is 6.42. The van der Waals surface area contributed by atoms with Crippen LogP contribution >= 0.6 is 11.8 Å². The van der Waals surface area contributed by atoms with Crippen LogP contribution in [0.2, 0.25) is 0 Å². The molecule has 21 heavy (non-hydrogen) atoms. The molecule has 0 radical (unpaired) electrons. The third-order valence-corrected chi connectivity index (χ3v) is 6.28. The average molecular weight is 314 g/mol. The molecule has 2 fully saturated rings. The van der Waals surface area contributed by atoms with E-state index >= 15 is 0 Å². The van der Waals surface area contributed by atoms with Gasteiger partial charge in [0, 0.05) is 43.8 Å². The SMILES string of the molecule is CSC(C)N1CCC(NC2CCN(C(C)(C)C)CC2)CC1. The quantitative estimate of drug-likeness (QED) is 0.859. The van der Waals surface area contributed by atoms with Crippen LogP contribution in [0.3, 0.4) is 0 Å². The van der Waals surface area contributed by atoms with Crippen LogP contribution in [0.25, 0.3) is 0 Å². The smallest absolute Gasteiger partial charge is 0.0525 e. The number of rotatable bonds is 4. The summed E-state index contributed by atoms with van der Waals surface area (Å²) in [5.41, 5.74) is 0.338. The van der Waals surface area contributed by atoms with Crippen molar-refractivity contribution in [1.29, 1.82) is 0 Å². The first-order chi connectivity index (χ1) is 9.90. The van der Waals surface area contributed by atoms with Gasteiger partial charge in [0.25, 0.3) is 0 Å². The Morgan fingerprint density at radius 1 is 0.952 bits per heavy atom. The first-order valence-electron chi connectivity index (χ1n) is 8.68. The van der Waals surface area contributed by atoms with E-state index in [1.807, 2.05) is 11.8 Å². The van der Waals surface area contributed by atoms with Crippen molar-refractivity contribution in [2.75, 3.05) is 32.4 Å². The maximum absolute atomic E-state index is 3.95. The lowest BCUT2D eigenvalue weighted by atomic mass is 9.96. The predicted molar refractivity (Wildman–Crippen MR) is 95.1 cm³/mol. The van der Waals surface area contributed by atoms with Crippen LogP contribution < -0.4 is 5.32 Å². The van der Waals surface area contributed by atoms with E-state index in [2.05, 4.69) is 49.1 Å². The van der Waals surface area contributed by atoms with Crippen molar-refractivity contribution < 1.29 is 0 Å². The lowest BCUT2D eigenvalue weighted by Crippen LogP contribution is -2.53. The maximum atomic E-state index is 3.95. The fraction of sp³-hybridized carbons (Fsp3) is 1.00. The van der Waals surface area contributed by atoms with Gasteiger partial charge in [0.15, 0.2) is 0 Å². The van der Waals surface area contributed by atoms with E-state index in [1.165, 1.54) is 51.9 Å². The molecule has 2 saturated heterocycles. The molecule has 2 aliphatic heterocycles. The van der Waals surface area contributed by atoms with Crippen molar-refractivity contribution in [1.82, 2.24) is 15.1 Å². The summed E-state index contributed by atoms with van der Waals surface area (Å²) in [7, 11) is 0. The molecule has 1 N–H and O–H groups in total. The van der Waals surface area contributed by atoms with Gasteiger partial charge >= 0.3 is 0 Å². The van der Waals surface area contributed by atoms with Crippen LogP contribution in [0.4, 0.5) is 0 Å². The third-order valence-electron chi connectivity index (χ3n) is 5.30. The molecule has 0 aromatic heterocycles. The summed E-state index contributed by atoms with van der Waals surface area (Å²) in [5.74, 6) is 0. The molecule has 0 aliphatic carbocycles. The van der Waals surface area contributed by atoms with Crippen LogP contribution in [0.1, 0.15) is 53.4 Å². The Bertz CT molecular complexity index is 300. The molecule has 124 valence electrons. The molecule has 0 saturated carbocycles. The highest BCUT2D eigenvalue weighted by Gasteiger charge is 2.29. The Morgan fingerprint density at radius 2 is 1.43 bits per heavy atom. The van der Waals surface area contributed by atoms with Gasteiger partial charge in [-0.2, -0.15) is 0 Å². The highest BCUT2D eigenvalue weighted by atomic mass is 32.2. The zero-order valence-electron chi connectivity index (χ0n) is 14.7. The van der Waals surface area contributed by atoms with Crippen molar-refractivity contribution in [2.24, 2.45) is 0 Å². The molecule has 0 aromatic rings. The molecular weight excluding hydrogens is 278 g/mol. The lowest BCUT2D eigenvalue weighted by molar-refractivity contribution is 0.0892.